The Morgan fingerprint density at radius 2 is 2.00 bits per heavy atom. The van der Waals surface area contributed by atoms with Gasteiger partial charge in [-0.3, -0.25) is 4.79 Å². The summed E-state index contributed by atoms with van der Waals surface area (Å²) in [6, 6.07) is 13.1. The van der Waals surface area contributed by atoms with Gasteiger partial charge in [-0.05, 0) is 43.2 Å². The number of pyridine rings is 1. The average Bonchev–Trinajstić information content (AvgIpc) is 2.98. The molecule has 0 spiro atoms. The maximum Gasteiger partial charge on any atom is 0.287 e. The summed E-state index contributed by atoms with van der Waals surface area (Å²) < 4.78 is 10.6. The number of amides is 1. The molecular weight excluding hydrogens is 292 g/mol. The van der Waals surface area contributed by atoms with Crippen molar-refractivity contribution in [1.82, 2.24) is 10.3 Å². The van der Waals surface area contributed by atoms with Crippen LogP contribution in [-0.2, 0) is 6.42 Å². The Morgan fingerprint density at radius 3 is 2.74 bits per heavy atom. The highest BCUT2D eigenvalue weighted by atomic mass is 16.5. The summed E-state index contributed by atoms with van der Waals surface area (Å²) >= 11 is 0. The molecule has 1 amide bonds. The first-order chi connectivity index (χ1) is 11.2. The van der Waals surface area contributed by atoms with Crippen molar-refractivity contribution < 1.29 is 13.9 Å². The lowest BCUT2D eigenvalue weighted by Gasteiger charge is -2.04. The lowest BCUT2D eigenvalue weighted by atomic mass is 10.1. The van der Waals surface area contributed by atoms with Crippen molar-refractivity contribution in [1.29, 1.82) is 0 Å². The van der Waals surface area contributed by atoms with E-state index in [4.69, 9.17) is 9.15 Å². The second-order valence-electron chi connectivity index (χ2n) is 5.30. The summed E-state index contributed by atoms with van der Waals surface area (Å²) in [5.74, 6) is 0.879. The lowest BCUT2D eigenvalue weighted by molar-refractivity contribution is 0.0928. The van der Waals surface area contributed by atoms with Gasteiger partial charge in [0.1, 0.15) is 11.3 Å². The van der Waals surface area contributed by atoms with Crippen molar-refractivity contribution in [3.63, 3.8) is 0 Å². The van der Waals surface area contributed by atoms with E-state index in [-0.39, 0.29) is 11.7 Å². The number of nitrogens with one attached hydrogen (secondary N) is 1. The van der Waals surface area contributed by atoms with E-state index in [0.29, 0.717) is 17.6 Å². The van der Waals surface area contributed by atoms with Crippen LogP contribution in [0, 0.1) is 6.92 Å². The second kappa shape index (κ2) is 6.52. The predicted octanol–water partition coefficient (Wildman–Crippen LogP) is 3.12. The Bertz CT molecular complexity index is 822. The van der Waals surface area contributed by atoms with Gasteiger partial charge >= 0.3 is 0 Å². The van der Waals surface area contributed by atoms with Crippen LogP contribution in [0.25, 0.3) is 11.1 Å². The quantitative estimate of drug-likeness (QED) is 0.786. The number of fused-ring (bicyclic) bond motifs is 1. The summed E-state index contributed by atoms with van der Waals surface area (Å²) in [4.78, 5) is 16.5. The molecule has 0 unspecified atom stereocenters. The fourth-order valence-electron chi connectivity index (χ4n) is 2.34. The molecule has 118 valence electrons. The van der Waals surface area contributed by atoms with Gasteiger partial charge in [0.25, 0.3) is 5.91 Å². The van der Waals surface area contributed by atoms with E-state index in [1.54, 1.807) is 13.2 Å². The normalized spacial score (nSPS) is 10.7. The van der Waals surface area contributed by atoms with Gasteiger partial charge in [-0.2, -0.15) is 0 Å². The SMILES string of the molecule is COc1ccc(CCNC(=O)c2cc3nc(C)ccc3o2)cc1. The number of aryl methyl sites for hydroxylation is 1. The number of hydrogen-bond donors (Lipinski definition) is 1. The molecule has 3 rings (SSSR count). The molecule has 2 aromatic heterocycles. The number of furan rings is 1. The van der Waals surface area contributed by atoms with Crippen LogP contribution < -0.4 is 10.1 Å². The first-order valence-electron chi connectivity index (χ1n) is 7.44. The molecule has 1 aromatic carbocycles. The molecule has 1 N–H and O–H groups in total. The molecule has 3 aromatic rings. The summed E-state index contributed by atoms with van der Waals surface area (Å²) in [5.41, 5.74) is 3.35. The Balaban J connectivity index is 1.59. The highest BCUT2D eigenvalue weighted by Crippen LogP contribution is 2.17. The van der Waals surface area contributed by atoms with E-state index in [2.05, 4.69) is 10.3 Å². The van der Waals surface area contributed by atoms with Crippen molar-refractivity contribution in [3.05, 3.63) is 59.5 Å². The first-order valence-corrected chi connectivity index (χ1v) is 7.44. The van der Waals surface area contributed by atoms with Gasteiger partial charge in [-0.1, -0.05) is 12.1 Å². The molecule has 0 aliphatic heterocycles. The number of carbonyl (C=O) groups is 1. The molecule has 5 nitrogen and oxygen atoms in total. The Kier molecular flexibility index (Phi) is 4.28. The Hall–Kier alpha value is -2.82. The monoisotopic (exact) mass is 310 g/mol. The Labute approximate surface area is 134 Å². The summed E-state index contributed by atoms with van der Waals surface area (Å²) in [6.45, 7) is 2.44. The van der Waals surface area contributed by atoms with Crippen molar-refractivity contribution in [2.45, 2.75) is 13.3 Å². The maximum atomic E-state index is 12.1. The molecule has 0 saturated carbocycles. The van der Waals surface area contributed by atoms with Crippen molar-refractivity contribution in [3.8, 4) is 5.75 Å². The number of ether oxygens (including phenoxy) is 1. The van der Waals surface area contributed by atoms with Crippen LogP contribution in [0.4, 0.5) is 0 Å². The van der Waals surface area contributed by atoms with Gasteiger partial charge in [0.15, 0.2) is 11.3 Å². The van der Waals surface area contributed by atoms with Crippen LogP contribution in [0.15, 0.2) is 46.9 Å². The second-order valence-corrected chi connectivity index (χ2v) is 5.30. The van der Waals surface area contributed by atoms with E-state index < -0.39 is 0 Å². The topological polar surface area (TPSA) is 64.4 Å². The molecule has 0 aliphatic carbocycles. The standard InChI is InChI=1S/C18H18N2O3/c1-12-3-8-16-15(20-12)11-17(23-16)18(21)19-10-9-13-4-6-14(22-2)7-5-13/h3-8,11H,9-10H2,1-2H3,(H,19,21). The third kappa shape index (κ3) is 3.51. The van der Waals surface area contributed by atoms with Crippen LogP contribution in [0.1, 0.15) is 21.8 Å². The zero-order chi connectivity index (χ0) is 16.2. The van der Waals surface area contributed by atoms with Crippen LogP contribution in [0.3, 0.4) is 0 Å². The predicted molar refractivity (Wildman–Crippen MR) is 87.8 cm³/mol. The third-order valence-electron chi connectivity index (χ3n) is 3.59. The zero-order valence-electron chi connectivity index (χ0n) is 13.1. The number of nitrogens with zero attached hydrogens (tertiary/aromatic N) is 1. The van der Waals surface area contributed by atoms with E-state index in [0.717, 1.165) is 23.4 Å². The maximum absolute atomic E-state index is 12.1. The average molecular weight is 310 g/mol. The van der Waals surface area contributed by atoms with Gasteiger partial charge in [0.2, 0.25) is 0 Å². The van der Waals surface area contributed by atoms with E-state index in [9.17, 15) is 4.79 Å². The number of hydrogen-bond acceptors (Lipinski definition) is 4. The smallest absolute Gasteiger partial charge is 0.287 e. The van der Waals surface area contributed by atoms with Gasteiger partial charge < -0.3 is 14.5 Å². The minimum Gasteiger partial charge on any atom is -0.497 e. The van der Waals surface area contributed by atoms with Crippen molar-refractivity contribution in [2.75, 3.05) is 13.7 Å². The van der Waals surface area contributed by atoms with Crippen LogP contribution in [0.2, 0.25) is 0 Å². The van der Waals surface area contributed by atoms with Gasteiger partial charge in [0.05, 0.1) is 7.11 Å². The van der Waals surface area contributed by atoms with Gasteiger partial charge in [-0.15, -0.1) is 0 Å². The van der Waals surface area contributed by atoms with Gasteiger partial charge in [0, 0.05) is 18.3 Å². The van der Waals surface area contributed by atoms with E-state index in [1.165, 1.54) is 0 Å². The van der Waals surface area contributed by atoms with Crippen molar-refractivity contribution >= 4 is 17.0 Å². The number of carbonyl (C=O) groups excluding carboxylic acids is 1. The molecule has 0 aliphatic rings. The Morgan fingerprint density at radius 1 is 1.22 bits per heavy atom. The van der Waals surface area contributed by atoms with E-state index >= 15 is 0 Å². The lowest BCUT2D eigenvalue weighted by Crippen LogP contribution is -2.25. The molecule has 0 fully saturated rings. The summed E-state index contributed by atoms with van der Waals surface area (Å²) in [5, 5.41) is 2.86. The van der Waals surface area contributed by atoms with Crippen LogP contribution in [0.5, 0.6) is 5.75 Å². The number of methoxy groups -OCH3 is 1. The van der Waals surface area contributed by atoms with E-state index in [1.807, 2.05) is 43.3 Å². The minimum absolute atomic E-state index is 0.228. The zero-order valence-corrected chi connectivity index (χ0v) is 13.1. The first kappa shape index (κ1) is 15.1. The fourth-order valence-corrected chi connectivity index (χ4v) is 2.34. The highest BCUT2D eigenvalue weighted by Gasteiger charge is 2.12. The molecule has 23 heavy (non-hydrogen) atoms. The minimum atomic E-state index is -0.228. The highest BCUT2D eigenvalue weighted by molar-refractivity contribution is 5.95. The molecule has 5 heteroatoms. The van der Waals surface area contributed by atoms with Crippen LogP contribution in [-0.4, -0.2) is 24.5 Å². The van der Waals surface area contributed by atoms with Gasteiger partial charge in [-0.25, -0.2) is 4.98 Å². The molecule has 0 bridgehead atoms. The molecule has 2 heterocycles. The fraction of sp³-hybridized carbons (Fsp3) is 0.222. The summed E-state index contributed by atoms with van der Waals surface area (Å²) in [7, 11) is 1.64. The third-order valence-corrected chi connectivity index (χ3v) is 3.59. The number of rotatable bonds is 5. The molecule has 0 atom stereocenters. The van der Waals surface area contributed by atoms with Crippen LogP contribution >= 0.6 is 0 Å². The number of benzene rings is 1. The molecular formula is C18H18N2O3. The number of aromatic nitrogens is 1. The van der Waals surface area contributed by atoms with Crippen molar-refractivity contribution in [2.24, 2.45) is 0 Å². The molecule has 0 radical (unpaired) electrons. The summed E-state index contributed by atoms with van der Waals surface area (Å²) in [6.07, 6.45) is 0.743. The largest absolute Gasteiger partial charge is 0.497 e. The molecule has 0 saturated heterocycles.